The molecule has 0 unspecified atom stereocenters. The number of carbonyl (C=O) groups is 2. The van der Waals surface area contributed by atoms with Gasteiger partial charge in [-0.1, -0.05) is 0 Å². The molecule has 6 nitrogen and oxygen atoms in total. The van der Waals surface area contributed by atoms with E-state index in [1.165, 1.54) is 0 Å². The van der Waals surface area contributed by atoms with E-state index in [2.05, 4.69) is 0 Å². The predicted molar refractivity (Wildman–Crippen MR) is 57.3 cm³/mol. The Kier molecular flexibility index (Phi) is 4.54. The van der Waals surface area contributed by atoms with Crippen LogP contribution in [0.15, 0.2) is 0 Å². The first-order chi connectivity index (χ1) is 7.50. The minimum atomic E-state index is -0.952. The summed E-state index contributed by atoms with van der Waals surface area (Å²) in [6.07, 6.45) is 1.36. The lowest BCUT2D eigenvalue weighted by Gasteiger charge is -2.33. The van der Waals surface area contributed by atoms with E-state index in [0.29, 0.717) is 25.9 Å². The molecule has 1 aliphatic rings. The summed E-state index contributed by atoms with van der Waals surface area (Å²) in [7, 11) is 3.44. The number of rotatable bonds is 3. The number of hydrogen-bond donors (Lipinski definition) is 1. The van der Waals surface area contributed by atoms with Gasteiger partial charge in [0.15, 0.2) is 0 Å². The van der Waals surface area contributed by atoms with E-state index in [-0.39, 0.29) is 18.7 Å². The highest BCUT2D eigenvalue weighted by molar-refractivity contribution is 5.73. The zero-order valence-corrected chi connectivity index (χ0v) is 9.68. The third-order valence-electron chi connectivity index (χ3n) is 2.54. The number of carboxylic acid groups (broad SMARTS) is 1. The smallest absolute Gasteiger partial charge is 0.329 e. The first-order valence-corrected chi connectivity index (χ1v) is 5.30. The summed E-state index contributed by atoms with van der Waals surface area (Å²) >= 11 is 0. The molecule has 2 amide bonds. The normalized spacial score (nSPS) is 17.2. The summed E-state index contributed by atoms with van der Waals surface area (Å²) in [5.74, 6) is -0.952. The zero-order valence-electron chi connectivity index (χ0n) is 9.68. The van der Waals surface area contributed by atoms with Crippen LogP contribution in [0.2, 0.25) is 0 Å². The predicted octanol–water partition coefficient (Wildman–Crippen LogP) is 0.234. The Labute approximate surface area is 94.8 Å². The molecular weight excluding hydrogens is 212 g/mol. The summed E-state index contributed by atoms with van der Waals surface area (Å²) in [6.45, 7) is 0.995. The molecule has 0 aliphatic carbocycles. The number of likely N-dealkylation sites (tertiary alicyclic amines) is 1. The third kappa shape index (κ3) is 3.69. The van der Waals surface area contributed by atoms with Gasteiger partial charge in [0.05, 0.1) is 6.10 Å². The second-order valence-corrected chi connectivity index (χ2v) is 4.07. The molecule has 0 bridgehead atoms. The molecule has 0 atom stereocenters. The average molecular weight is 230 g/mol. The lowest BCUT2D eigenvalue weighted by atomic mass is 10.1. The lowest BCUT2D eigenvalue weighted by Crippen LogP contribution is -2.45. The van der Waals surface area contributed by atoms with Crippen molar-refractivity contribution < 1.29 is 19.4 Å². The van der Waals surface area contributed by atoms with Crippen molar-refractivity contribution in [3.05, 3.63) is 0 Å². The molecule has 0 aromatic rings. The lowest BCUT2D eigenvalue weighted by molar-refractivity contribution is -0.145. The highest BCUT2D eigenvalue weighted by Gasteiger charge is 2.24. The molecular formula is C10H18N2O4. The summed E-state index contributed by atoms with van der Waals surface area (Å²) in [6, 6.07) is -0.00307. The average Bonchev–Trinajstić information content (AvgIpc) is 2.26. The van der Waals surface area contributed by atoms with Crippen molar-refractivity contribution in [3.63, 3.8) is 0 Å². The molecule has 1 aliphatic heterocycles. The number of nitrogens with zero attached hydrogens (tertiary/aromatic N) is 2. The molecule has 0 aromatic carbocycles. The maximum Gasteiger partial charge on any atom is 0.329 e. The van der Waals surface area contributed by atoms with Gasteiger partial charge in [-0.15, -0.1) is 0 Å². The Balaban J connectivity index is 2.28. The van der Waals surface area contributed by atoms with Gasteiger partial charge in [-0.05, 0) is 12.8 Å². The number of carbonyl (C=O) groups excluding carboxylic acids is 1. The van der Waals surface area contributed by atoms with Crippen LogP contribution >= 0.6 is 0 Å². The molecule has 1 N–H and O–H groups in total. The van der Waals surface area contributed by atoms with Gasteiger partial charge >= 0.3 is 12.0 Å². The van der Waals surface area contributed by atoms with E-state index in [1.54, 1.807) is 23.9 Å². The number of aliphatic carboxylic acids is 1. The molecule has 0 spiro atoms. The maximum atomic E-state index is 11.6. The number of urea groups is 1. The van der Waals surface area contributed by atoms with Gasteiger partial charge in [-0.25, -0.2) is 9.59 Å². The Morgan fingerprint density at radius 1 is 1.38 bits per heavy atom. The quantitative estimate of drug-likeness (QED) is 0.753. The monoisotopic (exact) mass is 230 g/mol. The molecule has 6 heteroatoms. The topological polar surface area (TPSA) is 70.1 Å². The third-order valence-corrected chi connectivity index (χ3v) is 2.54. The number of hydrogen-bond acceptors (Lipinski definition) is 3. The number of carboxylic acids is 1. The first-order valence-electron chi connectivity index (χ1n) is 5.30. The van der Waals surface area contributed by atoms with Crippen molar-refractivity contribution in [1.29, 1.82) is 0 Å². The Bertz CT molecular complexity index is 260. The van der Waals surface area contributed by atoms with Gasteiger partial charge in [-0.2, -0.15) is 0 Å². The van der Waals surface area contributed by atoms with Gasteiger partial charge in [0, 0.05) is 27.2 Å². The zero-order chi connectivity index (χ0) is 12.1. The van der Waals surface area contributed by atoms with Gasteiger partial charge in [0.1, 0.15) is 6.61 Å². The second-order valence-electron chi connectivity index (χ2n) is 4.07. The van der Waals surface area contributed by atoms with Crippen LogP contribution in [0.1, 0.15) is 12.8 Å². The van der Waals surface area contributed by atoms with Crippen molar-refractivity contribution in [3.8, 4) is 0 Å². The van der Waals surface area contributed by atoms with Gasteiger partial charge in [0.2, 0.25) is 0 Å². The van der Waals surface area contributed by atoms with Crippen molar-refractivity contribution >= 4 is 12.0 Å². The number of ether oxygens (including phenoxy) is 1. The molecule has 16 heavy (non-hydrogen) atoms. The molecule has 1 fully saturated rings. The molecule has 0 aromatic heterocycles. The van der Waals surface area contributed by atoms with E-state index in [0.717, 1.165) is 0 Å². The van der Waals surface area contributed by atoms with Crippen LogP contribution in [0.3, 0.4) is 0 Å². The summed E-state index contributed by atoms with van der Waals surface area (Å²) < 4.78 is 5.18. The van der Waals surface area contributed by atoms with E-state index in [1.807, 2.05) is 0 Å². The Morgan fingerprint density at radius 3 is 2.38 bits per heavy atom. The van der Waals surface area contributed by atoms with E-state index in [9.17, 15) is 9.59 Å². The summed E-state index contributed by atoms with van der Waals surface area (Å²) in [5.41, 5.74) is 0. The Morgan fingerprint density at radius 2 is 1.94 bits per heavy atom. The van der Waals surface area contributed by atoms with Crippen LogP contribution in [-0.4, -0.2) is 66.8 Å². The standard InChI is InChI=1S/C10H18N2O4/c1-11(2)10(15)12-5-3-8(4-6-12)16-7-9(13)14/h8H,3-7H2,1-2H3,(H,13,14). The van der Waals surface area contributed by atoms with Gasteiger partial charge in [0.25, 0.3) is 0 Å². The minimum Gasteiger partial charge on any atom is -0.480 e. The van der Waals surface area contributed by atoms with Crippen molar-refractivity contribution in [2.45, 2.75) is 18.9 Å². The van der Waals surface area contributed by atoms with Crippen molar-refractivity contribution in [2.75, 3.05) is 33.8 Å². The highest BCUT2D eigenvalue weighted by atomic mass is 16.5. The molecule has 1 saturated heterocycles. The molecule has 1 heterocycles. The van der Waals surface area contributed by atoms with Gasteiger partial charge in [-0.3, -0.25) is 0 Å². The fourth-order valence-electron chi connectivity index (χ4n) is 1.69. The molecule has 0 saturated carbocycles. The second kappa shape index (κ2) is 5.69. The Hall–Kier alpha value is -1.30. The maximum absolute atomic E-state index is 11.6. The van der Waals surface area contributed by atoms with Crippen LogP contribution in [-0.2, 0) is 9.53 Å². The van der Waals surface area contributed by atoms with E-state index in [4.69, 9.17) is 9.84 Å². The highest BCUT2D eigenvalue weighted by Crippen LogP contribution is 2.14. The van der Waals surface area contributed by atoms with Crippen molar-refractivity contribution in [1.82, 2.24) is 9.80 Å². The molecule has 1 rings (SSSR count). The first kappa shape index (κ1) is 12.8. The molecule has 92 valence electrons. The number of amides is 2. The van der Waals surface area contributed by atoms with Crippen LogP contribution < -0.4 is 0 Å². The van der Waals surface area contributed by atoms with Crippen LogP contribution in [0.5, 0.6) is 0 Å². The molecule has 0 radical (unpaired) electrons. The van der Waals surface area contributed by atoms with Crippen molar-refractivity contribution in [2.24, 2.45) is 0 Å². The van der Waals surface area contributed by atoms with Gasteiger partial charge < -0.3 is 19.6 Å². The SMILES string of the molecule is CN(C)C(=O)N1CCC(OCC(=O)O)CC1. The van der Waals surface area contributed by atoms with E-state index < -0.39 is 5.97 Å². The fraction of sp³-hybridized carbons (Fsp3) is 0.800. The summed E-state index contributed by atoms with van der Waals surface area (Å²) in [5, 5.41) is 8.46. The summed E-state index contributed by atoms with van der Waals surface area (Å²) in [4.78, 5) is 25.2. The van der Waals surface area contributed by atoms with Crippen LogP contribution in [0, 0.1) is 0 Å². The fourth-order valence-corrected chi connectivity index (χ4v) is 1.69. The van der Waals surface area contributed by atoms with E-state index >= 15 is 0 Å². The minimum absolute atomic E-state index is 0.00307. The number of piperidine rings is 1. The van der Waals surface area contributed by atoms with Crippen LogP contribution in [0.4, 0.5) is 4.79 Å². The van der Waals surface area contributed by atoms with Crippen LogP contribution in [0.25, 0.3) is 0 Å². The largest absolute Gasteiger partial charge is 0.480 e.